The first-order chi connectivity index (χ1) is 13.9. The Hall–Kier alpha value is -3.10. The number of amides is 2. The van der Waals surface area contributed by atoms with Crippen LogP contribution in [0.1, 0.15) is 12.5 Å². The summed E-state index contributed by atoms with van der Waals surface area (Å²) in [4.78, 5) is 29.3. The molecular weight excluding hydrogens is 417 g/mol. The summed E-state index contributed by atoms with van der Waals surface area (Å²) in [5, 5.41) is 10.5. The van der Waals surface area contributed by atoms with E-state index in [1.807, 2.05) is 0 Å². The van der Waals surface area contributed by atoms with Crippen molar-refractivity contribution in [3.8, 4) is 17.1 Å². The SMILES string of the molecule is COc1ccc(-c2nc3n(n2)[C@H](C(=O)Nc2ccc(Cl)c(Cl)c2)CC(=O)N3)cc1. The van der Waals surface area contributed by atoms with Gasteiger partial charge < -0.3 is 10.1 Å². The highest BCUT2D eigenvalue weighted by Crippen LogP contribution is 2.29. The van der Waals surface area contributed by atoms with E-state index in [9.17, 15) is 9.59 Å². The van der Waals surface area contributed by atoms with Crippen LogP contribution in [-0.4, -0.2) is 33.7 Å². The van der Waals surface area contributed by atoms with Gasteiger partial charge in [-0.25, -0.2) is 4.68 Å². The lowest BCUT2D eigenvalue weighted by Gasteiger charge is -2.22. The molecule has 0 spiro atoms. The van der Waals surface area contributed by atoms with E-state index in [2.05, 4.69) is 20.7 Å². The summed E-state index contributed by atoms with van der Waals surface area (Å²) in [6.07, 6.45) is -0.0639. The molecule has 0 unspecified atom stereocenters. The molecule has 148 valence electrons. The predicted molar refractivity (Wildman–Crippen MR) is 109 cm³/mol. The molecule has 2 N–H and O–H groups in total. The maximum absolute atomic E-state index is 12.8. The molecule has 0 bridgehead atoms. The number of carbonyl (C=O) groups excluding carboxylic acids is 2. The minimum absolute atomic E-state index is 0.0639. The number of aromatic nitrogens is 3. The lowest BCUT2D eigenvalue weighted by molar-refractivity contribution is -0.125. The van der Waals surface area contributed by atoms with Gasteiger partial charge in [-0.15, -0.1) is 5.10 Å². The van der Waals surface area contributed by atoms with Crippen LogP contribution in [0.5, 0.6) is 5.75 Å². The van der Waals surface area contributed by atoms with E-state index in [-0.39, 0.29) is 18.3 Å². The van der Waals surface area contributed by atoms with Gasteiger partial charge in [0.25, 0.3) is 0 Å². The Bertz CT molecular complexity index is 1100. The van der Waals surface area contributed by atoms with Gasteiger partial charge in [0.2, 0.25) is 17.8 Å². The van der Waals surface area contributed by atoms with Crippen molar-refractivity contribution in [2.24, 2.45) is 0 Å². The number of benzene rings is 2. The third-order valence-corrected chi connectivity index (χ3v) is 5.13. The third-order valence-electron chi connectivity index (χ3n) is 4.39. The van der Waals surface area contributed by atoms with Crippen molar-refractivity contribution >= 4 is 46.7 Å². The Kier molecular flexibility index (Phi) is 5.12. The molecule has 1 aromatic heterocycles. The highest BCUT2D eigenvalue weighted by molar-refractivity contribution is 6.42. The number of methoxy groups -OCH3 is 1. The van der Waals surface area contributed by atoms with E-state index < -0.39 is 11.9 Å². The van der Waals surface area contributed by atoms with Gasteiger partial charge in [0.05, 0.1) is 23.6 Å². The van der Waals surface area contributed by atoms with Crippen LogP contribution in [-0.2, 0) is 9.59 Å². The summed E-state index contributed by atoms with van der Waals surface area (Å²) < 4.78 is 6.56. The van der Waals surface area contributed by atoms with E-state index in [0.29, 0.717) is 27.3 Å². The molecular formula is C19H15Cl2N5O3. The zero-order chi connectivity index (χ0) is 20.5. The second-order valence-electron chi connectivity index (χ2n) is 6.32. The van der Waals surface area contributed by atoms with Crippen LogP contribution in [0.2, 0.25) is 10.0 Å². The molecule has 1 aliphatic rings. The fourth-order valence-electron chi connectivity index (χ4n) is 2.93. The summed E-state index contributed by atoms with van der Waals surface area (Å²) >= 11 is 11.9. The number of halogens is 2. The number of hydrogen-bond donors (Lipinski definition) is 2. The van der Waals surface area contributed by atoms with Crippen molar-refractivity contribution in [2.75, 3.05) is 17.7 Å². The lowest BCUT2D eigenvalue weighted by Crippen LogP contribution is -2.36. The smallest absolute Gasteiger partial charge is 0.249 e. The molecule has 0 saturated carbocycles. The average molecular weight is 432 g/mol. The number of ether oxygens (including phenoxy) is 1. The van der Waals surface area contributed by atoms with Gasteiger partial charge in [0, 0.05) is 11.3 Å². The van der Waals surface area contributed by atoms with Crippen molar-refractivity contribution in [1.29, 1.82) is 0 Å². The standard InChI is InChI=1S/C19H15Cl2N5O3/c1-29-12-5-2-10(3-6-12)17-24-19-23-16(27)9-15(26(19)25-17)18(28)22-11-4-7-13(20)14(21)8-11/h2-8,15H,9H2,1H3,(H,22,28)(H,23,24,25,27)/t15-/m0/s1. The second kappa shape index (κ2) is 7.73. The molecule has 0 radical (unpaired) electrons. The maximum Gasteiger partial charge on any atom is 0.249 e. The molecule has 4 rings (SSSR count). The molecule has 8 nitrogen and oxygen atoms in total. The van der Waals surface area contributed by atoms with Gasteiger partial charge >= 0.3 is 0 Å². The van der Waals surface area contributed by atoms with Gasteiger partial charge in [0.1, 0.15) is 11.8 Å². The van der Waals surface area contributed by atoms with Crippen LogP contribution in [0.25, 0.3) is 11.4 Å². The molecule has 1 aliphatic heterocycles. The first-order valence-corrected chi connectivity index (χ1v) is 9.37. The van der Waals surface area contributed by atoms with Crippen molar-refractivity contribution < 1.29 is 14.3 Å². The Morgan fingerprint density at radius 1 is 1.21 bits per heavy atom. The summed E-state index contributed by atoms with van der Waals surface area (Å²) in [6, 6.07) is 11.0. The number of rotatable bonds is 4. The van der Waals surface area contributed by atoms with Gasteiger partial charge in [-0.3, -0.25) is 14.9 Å². The Labute approximate surface area is 175 Å². The fraction of sp³-hybridized carbons (Fsp3) is 0.158. The van der Waals surface area contributed by atoms with Crippen molar-refractivity contribution in [2.45, 2.75) is 12.5 Å². The molecule has 2 amide bonds. The van der Waals surface area contributed by atoms with Crippen LogP contribution in [0, 0.1) is 0 Å². The fourth-order valence-corrected chi connectivity index (χ4v) is 3.23. The molecule has 29 heavy (non-hydrogen) atoms. The van der Waals surface area contributed by atoms with E-state index >= 15 is 0 Å². The number of nitrogens with zero attached hydrogens (tertiary/aromatic N) is 3. The molecule has 2 aromatic carbocycles. The Morgan fingerprint density at radius 3 is 2.66 bits per heavy atom. The van der Waals surface area contributed by atoms with Gasteiger partial charge in [-0.05, 0) is 42.5 Å². The highest BCUT2D eigenvalue weighted by Gasteiger charge is 2.33. The summed E-state index contributed by atoms with van der Waals surface area (Å²) in [5.41, 5.74) is 1.19. The van der Waals surface area contributed by atoms with Gasteiger partial charge in [-0.1, -0.05) is 23.2 Å². The monoisotopic (exact) mass is 431 g/mol. The average Bonchev–Trinajstić information content (AvgIpc) is 3.14. The second-order valence-corrected chi connectivity index (χ2v) is 7.13. The highest BCUT2D eigenvalue weighted by atomic mass is 35.5. The number of fused-ring (bicyclic) bond motifs is 1. The predicted octanol–water partition coefficient (Wildman–Crippen LogP) is 3.78. The van der Waals surface area contributed by atoms with Crippen LogP contribution >= 0.6 is 23.2 Å². The van der Waals surface area contributed by atoms with E-state index in [0.717, 1.165) is 5.56 Å². The summed E-state index contributed by atoms with van der Waals surface area (Å²) in [5.74, 6) is 0.564. The number of carbonyl (C=O) groups is 2. The first kappa shape index (κ1) is 19.2. The molecule has 3 aromatic rings. The molecule has 0 fully saturated rings. The Morgan fingerprint density at radius 2 is 1.97 bits per heavy atom. The topological polar surface area (TPSA) is 98.1 Å². The lowest BCUT2D eigenvalue weighted by atomic mass is 10.1. The van der Waals surface area contributed by atoms with E-state index in [1.54, 1.807) is 43.5 Å². The number of hydrogen-bond acceptors (Lipinski definition) is 5. The molecule has 0 saturated heterocycles. The minimum atomic E-state index is -0.854. The van der Waals surface area contributed by atoms with Crippen LogP contribution < -0.4 is 15.4 Å². The quantitative estimate of drug-likeness (QED) is 0.654. The molecule has 2 heterocycles. The van der Waals surface area contributed by atoms with Gasteiger partial charge in [-0.2, -0.15) is 4.98 Å². The van der Waals surface area contributed by atoms with Crippen molar-refractivity contribution in [3.05, 3.63) is 52.5 Å². The van der Waals surface area contributed by atoms with Crippen LogP contribution in [0.4, 0.5) is 11.6 Å². The van der Waals surface area contributed by atoms with Crippen molar-refractivity contribution in [3.63, 3.8) is 0 Å². The van der Waals surface area contributed by atoms with Crippen LogP contribution in [0.15, 0.2) is 42.5 Å². The summed E-state index contributed by atoms with van der Waals surface area (Å²) in [6.45, 7) is 0. The largest absolute Gasteiger partial charge is 0.497 e. The van der Waals surface area contributed by atoms with E-state index in [1.165, 1.54) is 10.7 Å². The molecule has 0 aliphatic carbocycles. The van der Waals surface area contributed by atoms with Crippen LogP contribution in [0.3, 0.4) is 0 Å². The van der Waals surface area contributed by atoms with Crippen molar-refractivity contribution in [1.82, 2.24) is 14.8 Å². The minimum Gasteiger partial charge on any atom is -0.497 e. The number of nitrogens with one attached hydrogen (secondary N) is 2. The zero-order valence-electron chi connectivity index (χ0n) is 15.1. The summed E-state index contributed by atoms with van der Waals surface area (Å²) in [7, 11) is 1.58. The molecule has 1 atom stereocenters. The number of anilines is 2. The Balaban J connectivity index is 1.62. The van der Waals surface area contributed by atoms with Gasteiger partial charge in [0.15, 0.2) is 5.82 Å². The maximum atomic E-state index is 12.8. The molecule has 10 heteroatoms. The normalized spacial score (nSPS) is 15.4. The zero-order valence-corrected chi connectivity index (χ0v) is 16.7. The third kappa shape index (κ3) is 3.90. The first-order valence-electron chi connectivity index (χ1n) is 8.61. The van der Waals surface area contributed by atoms with E-state index in [4.69, 9.17) is 27.9 Å².